The largest absolute Gasteiger partial charge is 0.388 e. The third-order valence-corrected chi connectivity index (χ3v) is 5.35. The average Bonchev–Trinajstić information content (AvgIpc) is 2.82. The summed E-state index contributed by atoms with van der Waals surface area (Å²) in [7, 11) is 4.15. The van der Waals surface area contributed by atoms with Gasteiger partial charge in [0.2, 0.25) is 0 Å². The number of anilines is 1. The maximum absolute atomic E-state index is 10.1. The van der Waals surface area contributed by atoms with Gasteiger partial charge in [-0.05, 0) is 56.4 Å². The smallest absolute Gasteiger partial charge is 0.123 e. The molecule has 0 fully saturated rings. The second-order valence-corrected chi connectivity index (χ2v) is 7.12. The first-order valence-electron chi connectivity index (χ1n) is 7.44. The van der Waals surface area contributed by atoms with Gasteiger partial charge in [0.05, 0.1) is 16.7 Å². The predicted molar refractivity (Wildman–Crippen MR) is 89.2 cm³/mol. The fraction of sp³-hybridized carbons (Fsp3) is 0.471. The molecule has 0 radical (unpaired) electrons. The summed E-state index contributed by atoms with van der Waals surface area (Å²) in [5, 5.41) is 11.2. The molecule has 1 heterocycles. The summed E-state index contributed by atoms with van der Waals surface area (Å²) in [6, 6.07) is 4.41. The fourth-order valence-corrected chi connectivity index (χ4v) is 4.42. The molecule has 0 saturated carbocycles. The van der Waals surface area contributed by atoms with E-state index in [1.165, 1.54) is 22.4 Å². The summed E-state index contributed by atoms with van der Waals surface area (Å²) in [4.78, 5) is 8.00. The molecular weight excluding hydrogens is 280 g/mol. The van der Waals surface area contributed by atoms with Crippen molar-refractivity contribution in [2.45, 2.75) is 39.2 Å². The Morgan fingerprint density at radius 1 is 1.24 bits per heavy atom. The van der Waals surface area contributed by atoms with Crippen LogP contribution in [0.4, 0.5) is 5.69 Å². The van der Waals surface area contributed by atoms with Crippen LogP contribution in [-0.4, -0.2) is 24.2 Å². The van der Waals surface area contributed by atoms with E-state index in [2.05, 4.69) is 45.0 Å². The van der Waals surface area contributed by atoms with Crippen LogP contribution in [0.15, 0.2) is 12.1 Å². The second kappa shape index (κ2) is 5.43. The summed E-state index contributed by atoms with van der Waals surface area (Å²) in [5.74, 6) is 0. The average molecular weight is 302 g/mol. The Morgan fingerprint density at radius 2 is 1.90 bits per heavy atom. The number of aromatic nitrogens is 1. The van der Waals surface area contributed by atoms with Crippen LogP contribution in [0.25, 0.3) is 10.6 Å². The summed E-state index contributed by atoms with van der Waals surface area (Å²) >= 11 is 1.65. The Hall–Kier alpha value is -1.39. The van der Waals surface area contributed by atoms with Crippen molar-refractivity contribution in [3.63, 3.8) is 0 Å². The van der Waals surface area contributed by atoms with Gasteiger partial charge in [-0.2, -0.15) is 0 Å². The highest BCUT2D eigenvalue weighted by molar-refractivity contribution is 7.15. The lowest BCUT2D eigenvalue weighted by Crippen LogP contribution is -2.12. The number of aliphatic hydroxyl groups is 1. The quantitative estimate of drug-likeness (QED) is 0.915. The highest BCUT2D eigenvalue weighted by Crippen LogP contribution is 2.39. The lowest BCUT2D eigenvalue weighted by molar-refractivity contribution is 0.160. The Labute approximate surface area is 130 Å². The van der Waals surface area contributed by atoms with Crippen molar-refractivity contribution in [2.75, 3.05) is 19.0 Å². The minimum atomic E-state index is -0.316. The maximum Gasteiger partial charge on any atom is 0.123 e. The Morgan fingerprint density at radius 3 is 2.48 bits per heavy atom. The molecule has 1 N–H and O–H groups in total. The molecular formula is C17H22N2OS. The molecule has 4 heteroatoms. The van der Waals surface area contributed by atoms with Crippen molar-refractivity contribution in [1.29, 1.82) is 0 Å². The van der Waals surface area contributed by atoms with Crippen LogP contribution in [0, 0.1) is 13.8 Å². The molecule has 0 amide bonds. The molecule has 112 valence electrons. The van der Waals surface area contributed by atoms with Gasteiger partial charge in [-0.1, -0.05) is 0 Å². The number of fused-ring (bicyclic) bond motifs is 1. The number of rotatable bonds is 2. The number of hydrogen-bond acceptors (Lipinski definition) is 4. The standard InChI is InChI=1S/C17H22N2OS/c1-10-8-12(9-11(2)15(10)19(3)4)17-18-13-6-5-7-14(20)16(13)21-17/h8-9,14,20H,5-7H2,1-4H3. The molecule has 0 aliphatic heterocycles. The van der Waals surface area contributed by atoms with Gasteiger partial charge in [-0.25, -0.2) is 4.98 Å². The zero-order valence-corrected chi connectivity index (χ0v) is 13.9. The van der Waals surface area contributed by atoms with Crippen LogP contribution in [0.2, 0.25) is 0 Å². The van der Waals surface area contributed by atoms with E-state index in [9.17, 15) is 5.11 Å². The molecule has 1 aromatic heterocycles. The van der Waals surface area contributed by atoms with E-state index in [4.69, 9.17) is 4.98 Å². The van der Waals surface area contributed by atoms with Crippen LogP contribution < -0.4 is 4.90 Å². The van der Waals surface area contributed by atoms with Crippen LogP contribution in [0.5, 0.6) is 0 Å². The topological polar surface area (TPSA) is 36.4 Å². The Balaban J connectivity index is 2.05. The monoisotopic (exact) mass is 302 g/mol. The fourth-order valence-electron chi connectivity index (χ4n) is 3.31. The third kappa shape index (κ3) is 2.58. The van der Waals surface area contributed by atoms with E-state index in [0.29, 0.717) is 0 Å². The first-order chi connectivity index (χ1) is 9.97. The first kappa shape index (κ1) is 14.5. The molecule has 1 aromatic carbocycles. The zero-order chi connectivity index (χ0) is 15.1. The molecule has 0 saturated heterocycles. The van der Waals surface area contributed by atoms with Gasteiger partial charge in [-0.3, -0.25) is 0 Å². The van der Waals surface area contributed by atoms with Gasteiger partial charge in [0.25, 0.3) is 0 Å². The highest BCUT2D eigenvalue weighted by Gasteiger charge is 2.23. The van der Waals surface area contributed by atoms with Crippen molar-refractivity contribution < 1.29 is 5.11 Å². The molecule has 1 unspecified atom stereocenters. The van der Waals surface area contributed by atoms with E-state index in [0.717, 1.165) is 34.8 Å². The summed E-state index contributed by atoms with van der Waals surface area (Å²) in [6.07, 6.45) is 2.58. The molecule has 3 rings (SSSR count). The molecule has 1 aliphatic rings. The Kier molecular flexibility index (Phi) is 3.76. The predicted octanol–water partition coefficient (Wildman–Crippen LogP) is 3.86. The summed E-state index contributed by atoms with van der Waals surface area (Å²) in [5.41, 5.74) is 6.08. The molecule has 0 spiro atoms. The number of hydrogen-bond donors (Lipinski definition) is 1. The number of aliphatic hydroxyl groups excluding tert-OH is 1. The molecule has 2 aromatic rings. The number of nitrogens with zero attached hydrogens (tertiary/aromatic N) is 2. The minimum absolute atomic E-state index is 0.316. The van der Waals surface area contributed by atoms with Gasteiger partial charge in [0.15, 0.2) is 0 Å². The maximum atomic E-state index is 10.1. The lowest BCUT2D eigenvalue weighted by atomic mass is 10.0. The normalized spacial score (nSPS) is 17.7. The van der Waals surface area contributed by atoms with Gasteiger partial charge in [0, 0.05) is 25.3 Å². The zero-order valence-electron chi connectivity index (χ0n) is 13.1. The molecule has 1 aliphatic carbocycles. The minimum Gasteiger partial charge on any atom is -0.388 e. The SMILES string of the molecule is Cc1cc(-c2nc3c(s2)C(O)CCC3)cc(C)c1N(C)C. The van der Waals surface area contributed by atoms with Crippen molar-refractivity contribution in [3.05, 3.63) is 33.8 Å². The summed E-state index contributed by atoms with van der Waals surface area (Å²) in [6.45, 7) is 4.29. The number of benzene rings is 1. The van der Waals surface area contributed by atoms with Crippen molar-refractivity contribution in [2.24, 2.45) is 0 Å². The van der Waals surface area contributed by atoms with E-state index < -0.39 is 0 Å². The number of thiazole rings is 1. The van der Waals surface area contributed by atoms with Gasteiger partial charge in [-0.15, -0.1) is 11.3 Å². The molecule has 0 bridgehead atoms. The van der Waals surface area contributed by atoms with Crippen molar-refractivity contribution >= 4 is 17.0 Å². The van der Waals surface area contributed by atoms with E-state index in [1.54, 1.807) is 11.3 Å². The van der Waals surface area contributed by atoms with Crippen LogP contribution in [0.1, 0.15) is 40.6 Å². The van der Waals surface area contributed by atoms with Gasteiger partial charge < -0.3 is 10.0 Å². The van der Waals surface area contributed by atoms with Crippen molar-refractivity contribution in [1.82, 2.24) is 4.98 Å². The van der Waals surface area contributed by atoms with Crippen LogP contribution in [-0.2, 0) is 6.42 Å². The van der Waals surface area contributed by atoms with E-state index in [1.807, 2.05) is 0 Å². The van der Waals surface area contributed by atoms with Gasteiger partial charge >= 0.3 is 0 Å². The Bertz CT molecular complexity index is 652. The second-order valence-electron chi connectivity index (χ2n) is 6.09. The first-order valence-corrected chi connectivity index (χ1v) is 8.25. The van der Waals surface area contributed by atoms with Crippen LogP contribution >= 0.6 is 11.3 Å². The van der Waals surface area contributed by atoms with Crippen molar-refractivity contribution in [3.8, 4) is 10.6 Å². The van der Waals surface area contributed by atoms with E-state index in [-0.39, 0.29) is 6.10 Å². The third-order valence-electron chi connectivity index (χ3n) is 4.11. The van der Waals surface area contributed by atoms with E-state index >= 15 is 0 Å². The lowest BCUT2D eigenvalue weighted by Gasteiger charge is -2.19. The summed E-state index contributed by atoms with van der Waals surface area (Å²) < 4.78 is 0. The number of aryl methyl sites for hydroxylation is 3. The van der Waals surface area contributed by atoms with Gasteiger partial charge in [0.1, 0.15) is 5.01 Å². The van der Waals surface area contributed by atoms with Crippen LogP contribution in [0.3, 0.4) is 0 Å². The molecule has 1 atom stereocenters. The molecule has 21 heavy (non-hydrogen) atoms. The molecule has 3 nitrogen and oxygen atoms in total. The highest BCUT2D eigenvalue weighted by atomic mass is 32.1.